The van der Waals surface area contributed by atoms with Crippen LogP contribution in [-0.4, -0.2) is 47.0 Å². The normalized spacial score (nSPS) is 18.3. The lowest BCUT2D eigenvalue weighted by atomic mass is 9.94. The van der Waals surface area contributed by atoms with Crippen LogP contribution in [0.5, 0.6) is 0 Å². The molecule has 166 valence electrons. The van der Waals surface area contributed by atoms with E-state index in [9.17, 15) is 4.79 Å². The van der Waals surface area contributed by atoms with Crippen molar-refractivity contribution in [3.8, 4) is 0 Å². The molecule has 1 saturated heterocycles. The van der Waals surface area contributed by atoms with E-state index < -0.39 is 0 Å². The lowest BCUT2D eigenvalue weighted by Gasteiger charge is -2.32. The Bertz CT molecular complexity index is 829. The van der Waals surface area contributed by atoms with Gasteiger partial charge in [0.15, 0.2) is 0 Å². The van der Waals surface area contributed by atoms with Gasteiger partial charge in [-0.1, -0.05) is 43.5 Å². The van der Waals surface area contributed by atoms with Crippen LogP contribution >= 0.6 is 0 Å². The molecule has 1 N–H and O–H groups in total. The summed E-state index contributed by atoms with van der Waals surface area (Å²) in [4.78, 5) is 26.1. The molecule has 0 atom stereocenters. The highest BCUT2D eigenvalue weighted by Gasteiger charge is 2.26. The zero-order valence-electron chi connectivity index (χ0n) is 18.7. The zero-order chi connectivity index (χ0) is 21.5. The average molecular weight is 422 g/mol. The molecular weight excluding hydrogens is 386 g/mol. The van der Waals surface area contributed by atoms with Gasteiger partial charge < -0.3 is 10.2 Å². The van der Waals surface area contributed by atoms with E-state index in [0.717, 1.165) is 38.4 Å². The molecule has 1 aliphatic heterocycles. The highest BCUT2D eigenvalue weighted by atomic mass is 16.1. The zero-order valence-corrected chi connectivity index (χ0v) is 18.7. The quantitative estimate of drug-likeness (QED) is 0.737. The van der Waals surface area contributed by atoms with E-state index in [4.69, 9.17) is 0 Å². The third-order valence-corrected chi connectivity index (χ3v) is 6.89. The molecule has 2 aromatic rings. The Morgan fingerprint density at radius 2 is 1.68 bits per heavy atom. The molecule has 0 radical (unpaired) electrons. The van der Waals surface area contributed by atoms with Gasteiger partial charge in [0.05, 0.1) is 0 Å². The summed E-state index contributed by atoms with van der Waals surface area (Å²) in [6.07, 6.45) is 11.9. The monoisotopic (exact) mass is 421 g/mol. The lowest BCUT2D eigenvalue weighted by molar-refractivity contribution is -0.125. The number of aromatic nitrogens is 2. The summed E-state index contributed by atoms with van der Waals surface area (Å²) in [6, 6.07) is 11.1. The molecule has 1 amide bonds. The van der Waals surface area contributed by atoms with E-state index in [1.165, 1.54) is 43.2 Å². The minimum absolute atomic E-state index is 0.0667. The van der Waals surface area contributed by atoms with Crippen LogP contribution in [0.25, 0.3) is 0 Å². The van der Waals surface area contributed by atoms with Crippen molar-refractivity contribution in [3.05, 3.63) is 53.9 Å². The Labute approximate surface area is 186 Å². The standard InChI is InChI=1S/C25H35N5O/c1-29(23-10-3-2-4-11-23)19-22-9-6-5-8-21(22)18-28-24(31)20-12-16-30(17-13-20)25-26-14-7-15-27-25/h5-9,14-15,20,23H,2-4,10-13,16-19H2,1H3,(H,28,31). The van der Waals surface area contributed by atoms with Gasteiger partial charge in [-0.2, -0.15) is 0 Å². The first-order valence-corrected chi connectivity index (χ1v) is 11.8. The summed E-state index contributed by atoms with van der Waals surface area (Å²) >= 11 is 0. The van der Waals surface area contributed by atoms with E-state index in [1.807, 2.05) is 6.07 Å². The van der Waals surface area contributed by atoms with Crippen molar-refractivity contribution in [2.24, 2.45) is 5.92 Å². The summed E-state index contributed by atoms with van der Waals surface area (Å²) < 4.78 is 0. The minimum atomic E-state index is 0.0667. The molecule has 0 spiro atoms. The van der Waals surface area contributed by atoms with Crippen molar-refractivity contribution in [3.63, 3.8) is 0 Å². The fourth-order valence-corrected chi connectivity index (χ4v) is 4.93. The van der Waals surface area contributed by atoms with E-state index in [0.29, 0.717) is 12.6 Å². The van der Waals surface area contributed by atoms with Gasteiger partial charge in [0.1, 0.15) is 0 Å². The van der Waals surface area contributed by atoms with Crippen LogP contribution < -0.4 is 10.2 Å². The van der Waals surface area contributed by atoms with Crippen molar-refractivity contribution >= 4 is 11.9 Å². The number of anilines is 1. The van der Waals surface area contributed by atoms with Crippen LogP contribution in [-0.2, 0) is 17.9 Å². The predicted molar refractivity (Wildman–Crippen MR) is 124 cm³/mol. The van der Waals surface area contributed by atoms with Crippen molar-refractivity contribution in [1.82, 2.24) is 20.2 Å². The van der Waals surface area contributed by atoms with Crippen molar-refractivity contribution < 1.29 is 4.79 Å². The number of hydrogen-bond acceptors (Lipinski definition) is 5. The Hall–Kier alpha value is -2.47. The van der Waals surface area contributed by atoms with Crippen molar-refractivity contribution in [2.45, 2.75) is 64.1 Å². The van der Waals surface area contributed by atoms with E-state index in [2.05, 4.69) is 56.4 Å². The van der Waals surface area contributed by atoms with Crippen LogP contribution in [0.1, 0.15) is 56.1 Å². The molecule has 2 fully saturated rings. The molecule has 6 nitrogen and oxygen atoms in total. The average Bonchev–Trinajstić information content (AvgIpc) is 2.84. The van der Waals surface area contributed by atoms with Gasteiger partial charge >= 0.3 is 0 Å². The Morgan fingerprint density at radius 3 is 2.39 bits per heavy atom. The highest BCUT2D eigenvalue weighted by molar-refractivity contribution is 5.79. The predicted octanol–water partition coefficient (Wildman–Crippen LogP) is 3.77. The van der Waals surface area contributed by atoms with Gasteiger partial charge in [-0.15, -0.1) is 0 Å². The second-order valence-corrected chi connectivity index (χ2v) is 9.00. The summed E-state index contributed by atoms with van der Waals surface area (Å²) in [5, 5.41) is 3.21. The van der Waals surface area contributed by atoms with E-state index in [1.54, 1.807) is 12.4 Å². The number of rotatable bonds is 7. The molecule has 6 heteroatoms. The molecular formula is C25H35N5O. The second-order valence-electron chi connectivity index (χ2n) is 9.00. The molecule has 31 heavy (non-hydrogen) atoms. The molecule has 1 aromatic carbocycles. The molecule has 0 bridgehead atoms. The van der Waals surface area contributed by atoms with Gasteiger partial charge in [0.25, 0.3) is 0 Å². The third-order valence-electron chi connectivity index (χ3n) is 6.89. The molecule has 2 aliphatic rings. The molecule has 1 saturated carbocycles. The van der Waals surface area contributed by atoms with Gasteiger partial charge in [-0.3, -0.25) is 9.69 Å². The smallest absolute Gasteiger partial charge is 0.225 e. The maximum atomic E-state index is 12.8. The fourth-order valence-electron chi connectivity index (χ4n) is 4.93. The molecule has 4 rings (SSSR count). The number of nitrogens with one attached hydrogen (secondary N) is 1. The summed E-state index contributed by atoms with van der Waals surface area (Å²) in [7, 11) is 2.25. The van der Waals surface area contributed by atoms with Crippen LogP contribution in [0.2, 0.25) is 0 Å². The van der Waals surface area contributed by atoms with Gasteiger partial charge in [-0.05, 0) is 49.9 Å². The number of benzene rings is 1. The minimum Gasteiger partial charge on any atom is -0.352 e. The number of nitrogens with zero attached hydrogens (tertiary/aromatic N) is 4. The van der Waals surface area contributed by atoms with E-state index >= 15 is 0 Å². The molecule has 0 unspecified atom stereocenters. The maximum Gasteiger partial charge on any atom is 0.225 e. The largest absolute Gasteiger partial charge is 0.352 e. The first-order valence-electron chi connectivity index (χ1n) is 11.8. The number of hydrogen-bond donors (Lipinski definition) is 1. The molecule has 1 aromatic heterocycles. The summed E-state index contributed by atoms with van der Waals surface area (Å²) in [5.41, 5.74) is 2.56. The molecule has 2 heterocycles. The van der Waals surface area contributed by atoms with Crippen molar-refractivity contribution in [1.29, 1.82) is 0 Å². The Kier molecular flexibility index (Phi) is 7.52. The van der Waals surface area contributed by atoms with Gasteiger partial charge in [0, 0.05) is 50.5 Å². The van der Waals surface area contributed by atoms with Gasteiger partial charge in [0.2, 0.25) is 11.9 Å². The number of carbonyl (C=O) groups is 1. The maximum absolute atomic E-state index is 12.8. The SMILES string of the molecule is CN(Cc1ccccc1CNC(=O)C1CCN(c2ncccn2)CC1)C1CCCCC1. The number of amides is 1. The van der Waals surface area contributed by atoms with Crippen LogP contribution in [0.15, 0.2) is 42.7 Å². The third kappa shape index (κ3) is 5.82. The lowest BCUT2D eigenvalue weighted by Crippen LogP contribution is -2.41. The van der Waals surface area contributed by atoms with Gasteiger partial charge in [-0.25, -0.2) is 9.97 Å². The first kappa shape index (κ1) is 21.8. The molecule has 1 aliphatic carbocycles. The van der Waals surface area contributed by atoms with Crippen molar-refractivity contribution in [2.75, 3.05) is 25.0 Å². The second kappa shape index (κ2) is 10.7. The highest BCUT2D eigenvalue weighted by Crippen LogP contribution is 2.24. The van der Waals surface area contributed by atoms with Crippen LogP contribution in [0, 0.1) is 5.92 Å². The summed E-state index contributed by atoms with van der Waals surface area (Å²) in [5.74, 6) is 0.999. The van der Waals surface area contributed by atoms with Crippen LogP contribution in [0.4, 0.5) is 5.95 Å². The first-order chi connectivity index (χ1) is 15.2. The van der Waals surface area contributed by atoms with E-state index in [-0.39, 0.29) is 11.8 Å². The van der Waals surface area contributed by atoms with Crippen LogP contribution in [0.3, 0.4) is 0 Å². The Morgan fingerprint density at radius 1 is 1.00 bits per heavy atom. The number of carbonyl (C=O) groups excluding carboxylic acids is 1. The topological polar surface area (TPSA) is 61.4 Å². The fraction of sp³-hybridized carbons (Fsp3) is 0.560. The summed E-state index contributed by atoms with van der Waals surface area (Å²) in [6.45, 7) is 3.21. The Balaban J connectivity index is 1.28. The number of piperidine rings is 1.